The molecule has 0 bridgehead atoms. The second-order valence-electron chi connectivity index (χ2n) is 10.4. The number of carbonyl (C=O) groups is 1. The van der Waals surface area contributed by atoms with Gasteiger partial charge < -0.3 is 20.6 Å². The fraction of sp³-hybridized carbons (Fsp3) is 0.367. The Balaban J connectivity index is 1.61. The Bertz CT molecular complexity index is 1420. The Hall–Kier alpha value is -3.40. The number of carbonyl (C=O) groups excluding carboxylic acids is 1. The summed E-state index contributed by atoms with van der Waals surface area (Å²) in [6, 6.07) is 18.5. The maximum Gasteiger partial charge on any atom is 0.255 e. The summed E-state index contributed by atoms with van der Waals surface area (Å²) in [4.78, 5) is 15.5. The van der Waals surface area contributed by atoms with Gasteiger partial charge in [0.05, 0.1) is 22.6 Å². The third-order valence-corrected chi connectivity index (χ3v) is 8.80. The molecule has 4 rings (SSSR count). The normalized spacial score (nSPS) is 18.1. The van der Waals surface area contributed by atoms with Crippen molar-refractivity contribution in [2.24, 2.45) is 0 Å². The summed E-state index contributed by atoms with van der Waals surface area (Å²) in [5, 5.41) is 17.4. The lowest BCUT2D eigenvalue weighted by atomic mass is 9.82. The number of fused-ring (bicyclic) bond motifs is 1. The molecule has 2 atom stereocenters. The van der Waals surface area contributed by atoms with Gasteiger partial charge in [0.15, 0.2) is 0 Å². The van der Waals surface area contributed by atoms with Crippen LogP contribution >= 0.6 is 0 Å². The maximum atomic E-state index is 13.3. The Labute approximate surface area is 231 Å². The number of sulfonamides is 1. The van der Waals surface area contributed by atoms with Crippen molar-refractivity contribution in [3.8, 4) is 0 Å². The van der Waals surface area contributed by atoms with Gasteiger partial charge in [-0.2, -0.15) is 0 Å². The van der Waals surface area contributed by atoms with Crippen molar-refractivity contribution < 1.29 is 18.3 Å². The van der Waals surface area contributed by atoms with E-state index < -0.39 is 27.7 Å². The van der Waals surface area contributed by atoms with Gasteiger partial charge in [0.25, 0.3) is 5.91 Å². The molecule has 4 N–H and O–H groups in total. The van der Waals surface area contributed by atoms with E-state index in [4.69, 9.17) is 0 Å². The Morgan fingerprint density at radius 1 is 0.974 bits per heavy atom. The van der Waals surface area contributed by atoms with Gasteiger partial charge in [-0.3, -0.25) is 4.79 Å². The monoisotopic (exact) mass is 550 g/mol. The first kappa shape index (κ1) is 28.6. The van der Waals surface area contributed by atoms with E-state index in [9.17, 15) is 18.3 Å². The smallest absolute Gasteiger partial charge is 0.255 e. The van der Waals surface area contributed by atoms with Crippen molar-refractivity contribution in [1.82, 2.24) is 4.72 Å². The molecule has 0 spiro atoms. The molecule has 1 amide bonds. The van der Waals surface area contributed by atoms with Crippen LogP contribution in [-0.2, 0) is 16.4 Å². The first-order valence-electron chi connectivity index (χ1n) is 13.4. The number of aliphatic hydroxyl groups excluding tert-OH is 1. The van der Waals surface area contributed by atoms with Crippen LogP contribution in [0.2, 0.25) is 0 Å². The number of amides is 1. The van der Waals surface area contributed by atoms with Crippen molar-refractivity contribution >= 4 is 33.0 Å². The number of benzene rings is 3. The highest BCUT2D eigenvalue weighted by Gasteiger charge is 2.43. The molecule has 0 radical (unpaired) electrons. The van der Waals surface area contributed by atoms with E-state index in [1.807, 2.05) is 31.2 Å². The van der Waals surface area contributed by atoms with Crippen LogP contribution in [0.4, 0.5) is 17.1 Å². The van der Waals surface area contributed by atoms with Gasteiger partial charge in [0.1, 0.15) is 0 Å². The summed E-state index contributed by atoms with van der Waals surface area (Å²) in [6.45, 7) is 11.6. The lowest BCUT2D eigenvalue weighted by Crippen LogP contribution is -2.54. The number of rotatable bonds is 9. The minimum absolute atomic E-state index is 0.117. The van der Waals surface area contributed by atoms with Crippen LogP contribution in [-0.4, -0.2) is 44.2 Å². The molecule has 3 aromatic carbocycles. The molecule has 1 heterocycles. The fourth-order valence-electron chi connectivity index (χ4n) is 4.90. The highest BCUT2D eigenvalue weighted by atomic mass is 32.2. The summed E-state index contributed by atoms with van der Waals surface area (Å²) in [7, 11) is -3.95. The van der Waals surface area contributed by atoms with Crippen LogP contribution in [0.3, 0.4) is 0 Å². The number of hydrogen-bond donors (Lipinski definition) is 4. The van der Waals surface area contributed by atoms with E-state index in [-0.39, 0.29) is 10.8 Å². The average Bonchev–Trinajstić information content (AvgIpc) is 2.92. The highest BCUT2D eigenvalue weighted by molar-refractivity contribution is 7.89. The van der Waals surface area contributed by atoms with Crippen LogP contribution in [0.25, 0.3) is 0 Å². The number of aryl methyl sites for hydroxylation is 1. The SMILES string of the molecule is CCc1ccc(S(=O)(=O)N[C@@H]2c3cc(C(=O)Nc4ccc(N(CC)CC)cc4)ccc3NC(C)(C)[C@H]2O)cc1. The molecule has 3 aromatic rings. The molecule has 0 saturated heterocycles. The second kappa shape index (κ2) is 11.4. The molecule has 0 aliphatic carbocycles. The van der Waals surface area contributed by atoms with Crippen LogP contribution < -0.4 is 20.3 Å². The largest absolute Gasteiger partial charge is 0.389 e. The topological polar surface area (TPSA) is 111 Å². The minimum Gasteiger partial charge on any atom is -0.389 e. The zero-order valence-corrected chi connectivity index (χ0v) is 24.0. The molecule has 1 aliphatic rings. The van der Waals surface area contributed by atoms with Gasteiger partial charge in [0, 0.05) is 35.7 Å². The lowest BCUT2D eigenvalue weighted by molar-refractivity contribution is 0.0770. The Kier molecular flexibility index (Phi) is 8.34. The zero-order valence-electron chi connectivity index (χ0n) is 23.2. The number of aliphatic hydroxyl groups is 1. The summed E-state index contributed by atoms with van der Waals surface area (Å²) in [5.74, 6) is -0.329. The summed E-state index contributed by atoms with van der Waals surface area (Å²) < 4.78 is 29.3. The predicted molar refractivity (Wildman–Crippen MR) is 157 cm³/mol. The summed E-state index contributed by atoms with van der Waals surface area (Å²) in [6.07, 6.45) is -0.298. The zero-order chi connectivity index (χ0) is 28.4. The average molecular weight is 551 g/mol. The first-order chi connectivity index (χ1) is 18.5. The van der Waals surface area contributed by atoms with Crippen molar-refractivity contribution in [3.05, 3.63) is 83.4 Å². The number of anilines is 3. The molecule has 0 saturated carbocycles. The highest BCUT2D eigenvalue weighted by Crippen LogP contribution is 2.39. The van der Waals surface area contributed by atoms with Crippen LogP contribution in [0, 0.1) is 0 Å². The van der Waals surface area contributed by atoms with Crippen LogP contribution in [0.15, 0.2) is 71.6 Å². The van der Waals surface area contributed by atoms with Gasteiger partial charge in [0.2, 0.25) is 10.0 Å². The molecular weight excluding hydrogens is 512 g/mol. The van der Waals surface area contributed by atoms with Gasteiger partial charge in [-0.15, -0.1) is 0 Å². The molecule has 0 aromatic heterocycles. The van der Waals surface area contributed by atoms with Crippen molar-refractivity contribution in [1.29, 1.82) is 0 Å². The quantitative estimate of drug-likeness (QED) is 0.301. The van der Waals surface area contributed by atoms with Crippen molar-refractivity contribution in [3.63, 3.8) is 0 Å². The van der Waals surface area contributed by atoms with Crippen molar-refractivity contribution in [2.45, 2.75) is 63.6 Å². The molecule has 208 valence electrons. The second-order valence-corrected chi connectivity index (χ2v) is 12.1. The van der Waals surface area contributed by atoms with E-state index in [1.54, 1.807) is 56.3 Å². The molecule has 0 unspecified atom stereocenters. The third kappa shape index (κ3) is 6.11. The van der Waals surface area contributed by atoms with Crippen molar-refractivity contribution in [2.75, 3.05) is 28.6 Å². The molecule has 39 heavy (non-hydrogen) atoms. The molecule has 9 heteroatoms. The third-order valence-electron chi connectivity index (χ3n) is 7.34. The number of nitrogens with one attached hydrogen (secondary N) is 3. The van der Waals surface area contributed by atoms with Gasteiger partial charge >= 0.3 is 0 Å². The van der Waals surface area contributed by atoms with E-state index in [0.29, 0.717) is 22.5 Å². The molecule has 0 fully saturated rings. The van der Waals surface area contributed by atoms with Crippen LogP contribution in [0.1, 0.15) is 62.1 Å². The molecule has 1 aliphatic heterocycles. The van der Waals surface area contributed by atoms with Gasteiger partial charge in [-0.25, -0.2) is 13.1 Å². The lowest BCUT2D eigenvalue weighted by Gasteiger charge is -2.43. The first-order valence-corrected chi connectivity index (χ1v) is 14.8. The summed E-state index contributed by atoms with van der Waals surface area (Å²) in [5.41, 5.74) is 3.45. The maximum absolute atomic E-state index is 13.3. The standard InChI is InChI=1S/C30H38N4O4S/c1-6-20-9-16-24(17-10-20)39(37,38)33-27-25-19-21(11-18-26(25)32-30(4,5)28(27)35)29(36)31-22-12-14-23(15-13-22)34(7-2)8-3/h9-19,27-28,32-33,35H,6-8H2,1-5H3,(H,31,36)/t27-,28+/m1/s1. The van der Waals surface area contributed by atoms with Gasteiger partial charge in [-0.1, -0.05) is 19.1 Å². The van der Waals surface area contributed by atoms with E-state index in [0.717, 1.165) is 30.8 Å². The van der Waals surface area contributed by atoms with E-state index >= 15 is 0 Å². The fourth-order valence-corrected chi connectivity index (χ4v) is 6.12. The predicted octanol–water partition coefficient (Wildman–Crippen LogP) is 4.93. The minimum atomic E-state index is -3.95. The van der Waals surface area contributed by atoms with Crippen LogP contribution in [0.5, 0.6) is 0 Å². The Morgan fingerprint density at radius 3 is 2.21 bits per heavy atom. The number of hydrogen-bond acceptors (Lipinski definition) is 6. The Morgan fingerprint density at radius 2 is 1.62 bits per heavy atom. The summed E-state index contributed by atoms with van der Waals surface area (Å²) >= 11 is 0. The number of nitrogens with zero attached hydrogens (tertiary/aromatic N) is 1. The molecular formula is C30H38N4O4S. The van der Waals surface area contributed by atoms with E-state index in [2.05, 4.69) is 34.1 Å². The molecule has 8 nitrogen and oxygen atoms in total. The van der Waals surface area contributed by atoms with Gasteiger partial charge in [-0.05, 0) is 99.8 Å². The van der Waals surface area contributed by atoms with E-state index in [1.165, 1.54) is 0 Å².